The number of ether oxygens (including phenoxy) is 1. The monoisotopic (exact) mass is 285 g/mol. The van der Waals surface area contributed by atoms with Gasteiger partial charge in [-0.15, -0.1) is 0 Å². The van der Waals surface area contributed by atoms with E-state index in [0.29, 0.717) is 13.2 Å². The first-order valence-electron chi connectivity index (χ1n) is 7.84. The van der Waals surface area contributed by atoms with Crippen LogP contribution in [0.15, 0.2) is 0 Å². The van der Waals surface area contributed by atoms with Gasteiger partial charge in [0.1, 0.15) is 0 Å². The Morgan fingerprint density at radius 1 is 1.15 bits per heavy atom. The molecule has 0 spiro atoms. The first-order valence-corrected chi connectivity index (χ1v) is 7.84. The standard InChI is InChI=1S/C15H31N3O2/c1-13-10-14(2)12-18(11-13)8-5-4-6-16-15(19)17-7-9-20-3/h13-14H,4-12H2,1-3H3,(H2,16,17,19). The van der Waals surface area contributed by atoms with Crippen LogP contribution in [0.25, 0.3) is 0 Å². The zero-order chi connectivity index (χ0) is 14.8. The molecule has 20 heavy (non-hydrogen) atoms. The van der Waals surface area contributed by atoms with Crippen molar-refractivity contribution in [1.29, 1.82) is 0 Å². The van der Waals surface area contributed by atoms with Crippen LogP contribution in [0.1, 0.15) is 33.1 Å². The minimum absolute atomic E-state index is 0.0951. The number of likely N-dealkylation sites (tertiary alicyclic amines) is 1. The number of carbonyl (C=O) groups excluding carboxylic acids is 1. The van der Waals surface area contributed by atoms with E-state index in [9.17, 15) is 4.79 Å². The number of unbranched alkanes of at least 4 members (excludes halogenated alkanes) is 1. The molecule has 2 amide bonds. The van der Waals surface area contributed by atoms with Gasteiger partial charge in [-0.2, -0.15) is 0 Å². The van der Waals surface area contributed by atoms with E-state index < -0.39 is 0 Å². The normalized spacial score (nSPS) is 23.6. The summed E-state index contributed by atoms with van der Waals surface area (Å²) in [6.07, 6.45) is 3.55. The van der Waals surface area contributed by atoms with Gasteiger partial charge in [-0.3, -0.25) is 0 Å². The van der Waals surface area contributed by atoms with Crippen molar-refractivity contribution in [2.45, 2.75) is 33.1 Å². The Bertz CT molecular complexity index is 264. The van der Waals surface area contributed by atoms with Gasteiger partial charge < -0.3 is 20.3 Å². The molecular weight excluding hydrogens is 254 g/mol. The van der Waals surface area contributed by atoms with Gasteiger partial charge in [-0.05, 0) is 37.6 Å². The summed E-state index contributed by atoms with van der Waals surface area (Å²) in [5.74, 6) is 1.65. The quantitative estimate of drug-likeness (QED) is 0.667. The summed E-state index contributed by atoms with van der Waals surface area (Å²) < 4.78 is 4.87. The molecule has 2 N–H and O–H groups in total. The number of urea groups is 1. The van der Waals surface area contributed by atoms with Gasteiger partial charge in [-0.25, -0.2) is 4.79 Å². The second-order valence-electron chi connectivity index (χ2n) is 6.09. The molecule has 1 aliphatic heterocycles. The number of nitrogens with zero attached hydrogens (tertiary/aromatic N) is 1. The molecule has 5 nitrogen and oxygen atoms in total. The van der Waals surface area contributed by atoms with Crippen LogP contribution in [0.2, 0.25) is 0 Å². The molecule has 0 aromatic heterocycles. The summed E-state index contributed by atoms with van der Waals surface area (Å²) in [7, 11) is 1.63. The van der Waals surface area contributed by atoms with Crippen LogP contribution in [-0.4, -0.2) is 57.4 Å². The Hall–Kier alpha value is -0.810. The Labute approximate surface area is 123 Å². The zero-order valence-corrected chi connectivity index (χ0v) is 13.3. The summed E-state index contributed by atoms with van der Waals surface area (Å²) in [6, 6.07) is -0.0951. The molecule has 0 bridgehead atoms. The van der Waals surface area contributed by atoms with Gasteiger partial charge in [0.25, 0.3) is 0 Å². The van der Waals surface area contributed by atoms with E-state index in [1.54, 1.807) is 7.11 Å². The fourth-order valence-electron chi connectivity index (χ4n) is 2.97. The highest BCUT2D eigenvalue weighted by Crippen LogP contribution is 2.20. The van der Waals surface area contributed by atoms with E-state index >= 15 is 0 Å². The largest absolute Gasteiger partial charge is 0.383 e. The van der Waals surface area contributed by atoms with Crippen LogP contribution in [-0.2, 0) is 4.74 Å². The molecule has 0 radical (unpaired) electrons. The smallest absolute Gasteiger partial charge is 0.314 e. The number of carbonyl (C=O) groups is 1. The SMILES string of the molecule is COCCNC(=O)NCCCCN1CC(C)CC(C)C1. The predicted molar refractivity (Wildman–Crippen MR) is 81.9 cm³/mol. The van der Waals surface area contributed by atoms with Gasteiger partial charge in [-0.1, -0.05) is 13.8 Å². The lowest BCUT2D eigenvalue weighted by Gasteiger charge is -2.34. The average Bonchev–Trinajstić information content (AvgIpc) is 2.37. The van der Waals surface area contributed by atoms with Crippen LogP contribution >= 0.6 is 0 Å². The third kappa shape index (κ3) is 7.70. The van der Waals surface area contributed by atoms with E-state index in [1.807, 2.05) is 0 Å². The molecule has 0 aromatic rings. The lowest BCUT2D eigenvalue weighted by atomic mass is 9.92. The van der Waals surface area contributed by atoms with Crippen molar-refractivity contribution in [1.82, 2.24) is 15.5 Å². The maximum atomic E-state index is 11.4. The van der Waals surface area contributed by atoms with E-state index in [-0.39, 0.29) is 6.03 Å². The molecule has 1 aliphatic rings. The number of piperidine rings is 1. The molecule has 2 atom stereocenters. The minimum Gasteiger partial charge on any atom is -0.383 e. The lowest BCUT2D eigenvalue weighted by Crippen LogP contribution is -2.40. The van der Waals surface area contributed by atoms with Crippen LogP contribution in [0.5, 0.6) is 0 Å². The number of hydrogen-bond acceptors (Lipinski definition) is 3. The van der Waals surface area contributed by atoms with Gasteiger partial charge in [0.15, 0.2) is 0 Å². The molecule has 0 aliphatic carbocycles. The average molecular weight is 285 g/mol. The molecule has 5 heteroatoms. The number of amides is 2. The van der Waals surface area contributed by atoms with Gasteiger partial charge >= 0.3 is 6.03 Å². The highest BCUT2D eigenvalue weighted by atomic mass is 16.5. The summed E-state index contributed by atoms with van der Waals surface area (Å²) in [5.41, 5.74) is 0. The van der Waals surface area contributed by atoms with Crippen LogP contribution in [0.3, 0.4) is 0 Å². The van der Waals surface area contributed by atoms with E-state index in [2.05, 4.69) is 29.4 Å². The minimum atomic E-state index is -0.0951. The lowest BCUT2D eigenvalue weighted by molar-refractivity contribution is 0.139. The van der Waals surface area contributed by atoms with Gasteiger partial charge in [0.2, 0.25) is 0 Å². The topological polar surface area (TPSA) is 53.6 Å². The highest BCUT2D eigenvalue weighted by Gasteiger charge is 2.20. The number of rotatable bonds is 8. The molecule has 1 saturated heterocycles. The summed E-state index contributed by atoms with van der Waals surface area (Å²) in [6.45, 7) is 10.2. The van der Waals surface area contributed by atoms with Crippen molar-refractivity contribution in [2.24, 2.45) is 11.8 Å². The summed E-state index contributed by atoms with van der Waals surface area (Å²) in [4.78, 5) is 13.9. The van der Waals surface area contributed by atoms with Gasteiger partial charge in [0.05, 0.1) is 6.61 Å². The fourth-order valence-corrected chi connectivity index (χ4v) is 2.97. The van der Waals surface area contributed by atoms with Crippen molar-refractivity contribution in [2.75, 3.05) is 46.4 Å². The van der Waals surface area contributed by atoms with E-state index in [1.165, 1.54) is 19.5 Å². The Morgan fingerprint density at radius 3 is 2.45 bits per heavy atom. The van der Waals surface area contributed by atoms with Crippen molar-refractivity contribution in [3.05, 3.63) is 0 Å². The van der Waals surface area contributed by atoms with Crippen molar-refractivity contribution < 1.29 is 9.53 Å². The Morgan fingerprint density at radius 2 is 1.80 bits per heavy atom. The predicted octanol–water partition coefficient (Wildman–Crippen LogP) is 1.69. The number of hydrogen-bond donors (Lipinski definition) is 2. The van der Waals surface area contributed by atoms with Crippen molar-refractivity contribution >= 4 is 6.03 Å². The van der Waals surface area contributed by atoms with E-state index in [4.69, 9.17) is 4.74 Å². The molecule has 0 aromatic carbocycles. The Kier molecular flexibility index (Phi) is 8.62. The third-order valence-electron chi connectivity index (χ3n) is 3.72. The van der Waals surface area contributed by atoms with Crippen LogP contribution < -0.4 is 10.6 Å². The van der Waals surface area contributed by atoms with Crippen molar-refractivity contribution in [3.63, 3.8) is 0 Å². The highest BCUT2D eigenvalue weighted by molar-refractivity contribution is 5.73. The number of nitrogens with one attached hydrogen (secondary N) is 2. The maximum Gasteiger partial charge on any atom is 0.314 e. The van der Waals surface area contributed by atoms with Crippen LogP contribution in [0, 0.1) is 11.8 Å². The summed E-state index contributed by atoms with van der Waals surface area (Å²) >= 11 is 0. The van der Waals surface area contributed by atoms with Crippen molar-refractivity contribution in [3.8, 4) is 0 Å². The maximum absolute atomic E-state index is 11.4. The molecule has 1 fully saturated rings. The second kappa shape index (κ2) is 10.00. The molecule has 2 unspecified atom stereocenters. The third-order valence-corrected chi connectivity index (χ3v) is 3.72. The Balaban J connectivity index is 1.97. The zero-order valence-electron chi connectivity index (χ0n) is 13.3. The summed E-state index contributed by atoms with van der Waals surface area (Å²) in [5, 5.41) is 5.62. The molecule has 118 valence electrons. The van der Waals surface area contributed by atoms with Gasteiger partial charge in [0, 0.05) is 33.3 Å². The first-order chi connectivity index (χ1) is 9.61. The number of methoxy groups -OCH3 is 1. The van der Waals surface area contributed by atoms with E-state index in [0.717, 1.165) is 37.8 Å². The fraction of sp³-hybridized carbons (Fsp3) is 0.933. The van der Waals surface area contributed by atoms with Crippen LogP contribution in [0.4, 0.5) is 4.79 Å². The molecule has 1 heterocycles. The first kappa shape index (κ1) is 17.2. The molecular formula is C15H31N3O2. The molecule has 0 saturated carbocycles. The second-order valence-corrected chi connectivity index (χ2v) is 6.09. The molecule has 1 rings (SSSR count).